The number of nitrogens with zero attached hydrogens (tertiary/aromatic N) is 3. The average molecular weight is 552 g/mol. The number of benzene rings is 4. The molecule has 8 rings (SSSR count). The van der Waals surface area contributed by atoms with Crippen molar-refractivity contribution < 1.29 is 13.9 Å². The number of hydrogen-bond acceptors (Lipinski definition) is 3. The second-order valence-corrected chi connectivity index (χ2v) is 10.7. The SMILES string of the molecule is COc1ccc(-c2oc(-n3cc4c5ccccc5n(C)c4c3-c3ccc(OC)cc3)c3c4ccccc4n(C)c23)cc1. The number of aryl methyl sites for hydroxylation is 2. The van der Waals surface area contributed by atoms with Crippen LogP contribution in [-0.2, 0) is 14.1 Å². The van der Waals surface area contributed by atoms with Gasteiger partial charge in [0.2, 0.25) is 5.88 Å². The van der Waals surface area contributed by atoms with Crippen molar-refractivity contribution in [1.29, 1.82) is 0 Å². The molecule has 4 aromatic heterocycles. The Bertz CT molecular complexity index is 2280. The zero-order chi connectivity index (χ0) is 28.5. The summed E-state index contributed by atoms with van der Waals surface area (Å²) in [6.45, 7) is 0. The third-order valence-corrected chi connectivity index (χ3v) is 8.54. The molecule has 0 saturated heterocycles. The molecule has 6 nitrogen and oxygen atoms in total. The maximum Gasteiger partial charge on any atom is 0.215 e. The van der Waals surface area contributed by atoms with E-state index < -0.39 is 0 Å². The van der Waals surface area contributed by atoms with Crippen LogP contribution in [0.2, 0.25) is 0 Å². The second kappa shape index (κ2) is 9.08. The highest BCUT2D eigenvalue weighted by Gasteiger charge is 2.27. The van der Waals surface area contributed by atoms with Crippen LogP contribution < -0.4 is 9.47 Å². The van der Waals surface area contributed by atoms with Gasteiger partial charge in [-0.15, -0.1) is 0 Å². The molecule has 6 heteroatoms. The summed E-state index contributed by atoms with van der Waals surface area (Å²) in [5.74, 6) is 3.24. The Morgan fingerprint density at radius 3 is 1.76 bits per heavy atom. The van der Waals surface area contributed by atoms with Gasteiger partial charge in [0.15, 0.2) is 5.76 Å². The molecule has 4 heterocycles. The van der Waals surface area contributed by atoms with Gasteiger partial charge in [0, 0.05) is 58.6 Å². The van der Waals surface area contributed by atoms with Crippen LogP contribution >= 0.6 is 0 Å². The first-order chi connectivity index (χ1) is 20.6. The van der Waals surface area contributed by atoms with Gasteiger partial charge in [-0.25, -0.2) is 0 Å². The Kier molecular flexibility index (Phi) is 5.28. The third kappa shape index (κ3) is 3.32. The highest BCUT2D eigenvalue weighted by molar-refractivity contribution is 6.17. The predicted octanol–water partition coefficient (Wildman–Crippen LogP) is 8.71. The van der Waals surface area contributed by atoms with Gasteiger partial charge in [0.1, 0.15) is 11.5 Å². The smallest absolute Gasteiger partial charge is 0.215 e. The Labute approximate surface area is 242 Å². The standard InChI is InChI=1S/C36H29N3O3/c1-37-29-11-7-5-9-26(29)28-21-39(32(33(28)37)22-13-17-24(40-3)18-14-22)36-31-27-10-6-8-12-30(27)38(2)34(31)35(42-36)23-15-19-25(41-4)20-16-23/h5-21H,1-4H3. The summed E-state index contributed by atoms with van der Waals surface area (Å²) in [4.78, 5) is 0. The number of methoxy groups -OCH3 is 2. The van der Waals surface area contributed by atoms with Gasteiger partial charge in [-0.1, -0.05) is 36.4 Å². The first-order valence-electron chi connectivity index (χ1n) is 14.0. The number of fused-ring (bicyclic) bond motifs is 6. The van der Waals surface area contributed by atoms with Gasteiger partial charge >= 0.3 is 0 Å². The summed E-state index contributed by atoms with van der Waals surface area (Å²) in [5, 5.41) is 4.62. The minimum Gasteiger partial charge on any atom is -0.497 e. The van der Waals surface area contributed by atoms with Crippen LogP contribution in [0.5, 0.6) is 11.5 Å². The first kappa shape index (κ1) is 24.4. The highest BCUT2D eigenvalue weighted by atomic mass is 16.5. The lowest BCUT2D eigenvalue weighted by Crippen LogP contribution is -1.97. The number of ether oxygens (including phenoxy) is 2. The van der Waals surface area contributed by atoms with E-state index in [0.29, 0.717) is 0 Å². The fourth-order valence-electron chi connectivity index (χ4n) is 6.51. The number of para-hydroxylation sites is 2. The number of furan rings is 1. The highest BCUT2D eigenvalue weighted by Crippen LogP contribution is 2.46. The number of rotatable bonds is 5. The Morgan fingerprint density at radius 2 is 1.12 bits per heavy atom. The lowest BCUT2D eigenvalue weighted by Gasteiger charge is -2.11. The quantitative estimate of drug-likeness (QED) is 0.215. The van der Waals surface area contributed by atoms with E-state index in [4.69, 9.17) is 13.9 Å². The minimum atomic E-state index is 0.790. The molecule has 0 spiro atoms. The summed E-state index contributed by atoms with van der Waals surface area (Å²) in [6.07, 6.45) is 2.23. The molecule has 0 aliphatic heterocycles. The molecule has 0 atom stereocenters. The lowest BCUT2D eigenvalue weighted by atomic mass is 10.1. The van der Waals surface area contributed by atoms with E-state index in [-0.39, 0.29) is 0 Å². The van der Waals surface area contributed by atoms with Gasteiger partial charge in [0.25, 0.3) is 0 Å². The maximum absolute atomic E-state index is 6.97. The Morgan fingerprint density at radius 1 is 0.571 bits per heavy atom. The van der Waals surface area contributed by atoms with Crippen LogP contribution in [0.4, 0.5) is 0 Å². The molecule has 0 saturated carbocycles. The molecule has 206 valence electrons. The molecule has 0 aliphatic carbocycles. The second-order valence-electron chi connectivity index (χ2n) is 10.7. The van der Waals surface area contributed by atoms with Gasteiger partial charge in [-0.3, -0.25) is 4.57 Å². The summed E-state index contributed by atoms with van der Waals surface area (Å²) in [5.41, 5.74) is 7.69. The summed E-state index contributed by atoms with van der Waals surface area (Å²) >= 11 is 0. The van der Waals surface area contributed by atoms with E-state index in [2.05, 4.69) is 107 Å². The zero-order valence-corrected chi connectivity index (χ0v) is 23.9. The van der Waals surface area contributed by atoms with Crippen molar-refractivity contribution in [2.24, 2.45) is 14.1 Å². The van der Waals surface area contributed by atoms with E-state index in [1.165, 1.54) is 16.3 Å². The van der Waals surface area contributed by atoms with E-state index in [1.54, 1.807) is 14.2 Å². The van der Waals surface area contributed by atoms with Crippen molar-refractivity contribution in [3.63, 3.8) is 0 Å². The molecule has 42 heavy (non-hydrogen) atoms. The van der Waals surface area contributed by atoms with Gasteiger partial charge in [-0.2, -0.15) is 0 Å². The number of hydrogen-bond donors (Lipinski definition) is 0. The van der Waals surface area contributed by atoms with Crippen LogP contribution in [-0.4, -0.2) is 27.9 Å². The van der Waals surface area contributed by atoms with Crippen molar-refractivity contribution in [3.8, 4) is 40.0 Å². The molecule has 0 unspecified atom stereocenters. The Balaban J connectivity index is 1.51. The van der Waals surface area contributed by atoms with Crippen LogP contribution in [0.3, 0.4) is 0 Å². The molecule has 0 bridgehead atoms. The Hall–Kier alpha value is -5.36. The largest absolute Gasteiger partial charge is 0.497 e. The molecule has 0 N–H and O–H groups in total. The van der Waals surface area contributed by atoms with E-state index in [0.717, 1.165) is 67.3 Å². The maximum atomic E-state index is 6.97. The van der Waals surface area contributed by atoms with Gasteiger partial charge in [0.05, 0.1) is 36.3 Å². The van der Waals surface area contributed by atoms with Crippen LogP contribution in [0.15, 0.2) is 108 Å². The van der Waals surface area contributed by atoms with Crippen LogP contribution in [0, 0.1) is 0 Å². The van der Waals surface area contributed by atoms with Crippen molar-refractivity contribution in [1.82, 2.24) is 13.7 Å². The monoisotopic (exact) mass is 551 g/mol. The van der Waals surface area contributed by atoms with Crippen molar-refractivity contribution in [3.05, 3.63) is 103 Å². The average Bonchev–Trinajstić information content (AvgIpc) is 3.77. The third-order valence-electron chi connectivity index (χ3n) is 8.54. The topological polar surface area (TPSA) is 46.4 Å². The molecule has 8 aromatic rings. The normalized spacial score (nSPS) is 11.8. The fourth-order valence-corrected chi connectivity index (χ4v) is 6.51. The van der Waals surface area contributed by atoms with E-state index in [9.17, 15) is 0 Å². The van der Waals surface area contributed by atoms with E-state index >= 15 is 0 Å². The molecule has 0 aliphatic rings. The fraction of sp³-hybridized carbons (Fsp3) is 0.111. The van der Waals surface area contributed by atoms with Gasteiger partial charge in [-0.05, 0) is 60.7 Å². The lowest BCUT2D eigenvalue weighted by molar-refractivity contribution is 0.414. The molecule has 0 fully saturated rings. The molecule has 0 amide bonds. The number of aromatic nitrogens is 3. The van der Waals surface area contributed by atoms with E-state index in [1.807, 2.05) is 24.3 Å². The summed E-state index contributed by atoms with van der Waals surface area (Å²) < 4.78 is 24.7. The molecular formula is C36H29N3O3. The zero-order valence-electron chi connectivity index (χ0n) is 23.9. The minimum absolute atomic E-state index is 0.790. The molecule has 4 aromatic carbocycles. The predicted molar refractivity (Wildman–Crippen MR) is 170 cm³/mol. The summed E-state index contributed by atoms with van der Waals surface area (Å²) in [6, 6.07) is 33.4. The van der Waals surface area contributed by atoms with Crippen molar-refractivity contribution >= 4 is 43.6 Å². The summed E-state index contributed by atoms with van der Waals surface area (Å²) in [7, 11) is 7.63. The van der Waals surface area contributed by atoms with Crippen LogP contribution in [0.25, 0.3) is 72.1 Å². The molecule has 0 radical (unpaired) electrons. The van der Waals surface area contributed by atoms with Crippen molar-refractivity contribution in [2.75, 3.05) is 14.2 Å². The van der Waals surface area contributed by atoms with Gasteiger partial charge < -0.3 is 23.0 Å². The van der Waals surface area contributed by atoms with Crippen molar-refractivity contribution in [2.45, 2.75) is 0 Å². The van der Waals surface area contributed by atoms with Crippen LogP contribution in [0.1, 0.15) is 0 Å². The first-order valence-corrected chi connectivity index (χ1v) is 14.0. The molecular weight excluding hydrogens is 522 g/mol.